The van der Waals surface area contributed by atoms with Crippen LogP contribution >= 0.6 is 0 Å². The molecular weight excluding hydrogens is 264 g/mol. The summed E-state index contributed by atoms with van der Waals surface area (Å²) in [6, 6.07) is 3.48. The maximum atomic E-state index is 13.6. The van der Waals surface area contributed by atoms with Crippen LogP contribution < -0.4 is 11.1 Å². The van der Waals surface area contributed by atoms with Crippen LogP contribution in [0.3, 0.4) is 0 Å². The predicted molar refractivity (Wildman–Crippen MR) is 72.4 cm³/mol. The molecule has 0 bridgehead atoms. The molecule has 3 N–H and O–H groups in total. The molecule has 20 heavy (non-hydrogen) atoms. The average molecular weight is 277 g/mol. The zero-order chi connectivity index (χ0) is 14.9. The fraction of sp³-hybridized carbons (Fsp3) is 0.143. The highest BCUT2D eigenvalue weighted by Gasteiger charge is 2.16. The molecule has 1 aromatic heterocycles. The molecule has 0 aliphatic heterocycles. The molecule has 0 aliphatic rings. The van der Waals surface area contributed by atoms with Crippen LogP contribution in [0.1, 0.15) is 21.5 Å². The van der Waals surface area contributed by atoms with Crippen molar-refractivity contribution in [2.45, 2.75) is 13.8 Å². The van der Waals surface area contributed by atoms with Gasteiger partial charge in [0.1, 0.15) is 17.5 Å². The number of amides is 1. The van der Waals surface area contributed by atoms with Gasteiger partial charge in [-0.2, -0.15) is 0 Å². The number of nitrogens with one attached hydrogen (secondary N) is 1. The number of aromatic nitrogens is 1. The fourth-order valence-electron chi connectivity index (χ4n) is 1.73. The number of carbonyl (C=O) groups is 1. The molecule has 0 aliphatic carbocycles. The summed E-state index contributed by atoms with van der Waals surface area (Å²) in [6.45, 7) is 3.17. The third-order valence-corrected chi connectivity index (χ3v) is 2.82. The van der Waals surface area contributed by atoms with E-state index in [-0.39, 0.29) is 16.9 Å². The molecular formula is C14H13F2N3O. The van der Waals surface area contributed by atoms with Crippen molar-refractivity contribution in [1.82, 2.24) is 4.98 Å². The van der Waals surface area contributed by atoms with E-state index in [9.17, 15) is 13.6 Å². The summed E-state index contributed by atoms with van der Waals surface area (Å²) in [4.78, 5) is 16.0. The summed E-state index contributed by atoms with van der Waals surface area (Å²) in [7, 11) is 0. The number of benzene rings is 1. The van der Waals surface area contributed by atoms with Crippen LogP contribution in [0.15, 0.2) is 24.4 Å². The maximum absolute atomic E-state index is 13.6. The zero-order valence-electron chi connectivity index (χ0n) is 11.0. The maximum Gasteiger partial charge on any atom is 0.259 e. The molecule has 4 nitrogen and oxygen atoms in total. The number of pyridine rings is 1. The number of rotatable bonds is 2. The lowest BCUT2D eigenvalue weighted by molar-refractivity contribution is 0.102. The zero-order valence-corrected chi connectivity index (χ0v) is 11.0. The van der Waals surface area contributed by atoms with Crippen LogP contribution in [0.25, 0.3) is 0 Å². The Kier molecular flexibility index (Phi) is 3.65. The molecule has 0 unspecified atom stereocenters. The molecule has 6 heteroatoms. The fourth-order valence-corrected chi connectivity index (χ4v) is 1.73. The number of hydrogen-bond acceptors (Lipinski definition) is 3. The second kappa shape index (κ2) is 5.24. The summed E-state index contributed by atoms with van der Waals surface area (Å²) < 4.78 is 26.8. The van der Waals surface area contributed by atoms with Crippen LogP contribution in [-0.2, 0) is 0 Å². The van der Waals surface area contributed by atoms with E-state index < -0.39 is 17.5 Å². The minimum atomic E-state index is -0.918. The van der Waals surface area contributed by atoms with Crippen molar-refractivity contribution >= 4 is 17.4 Å². The molecule has 1 aromatic carbocycles. The van der Waals surface area contributed by atoms with Gasteiger partial charge in [0.2, 0.25) is 0 Å². The van der Waals surface area contributed by atoms with Gasteiger partial charge in [-0.05, 0) is 37.1 Å². The van der Waals surface area contributed by atoms with Crippen molar-refractivity contribution in [2.75, 3.05) is 11.1 Å². The predicted octanol–water partition coefficient (Wildman–Crippen LogP) is 2.81. The van der Waals surface area contributed by atoms with Gasteiger partial charge in [-0.3, -0.25) is 4.79 Å². The standard InChI is InChI=1S/C14H13F2N3O/c1-7-4-10(12(16)5-11(7)15)14(20)19-13-8(2)3-9(17)6-18-13/h3-6H,17H2,1-2H3,(H,18,19,20). The molecule has 104 valence electrons. The largest absolute Gasteiger partial charge is 0.397 e. The van der Waals surface area contributed by atoms with E-state index in [0.29, 0.717) is 17.3 Å². The second-order valence-corrected chi connectivity index (χ2v) is 4.47. The van der Waals surface area contributed by atoms with Crippen LogP contribution in [0.5, 0.6) is 0 Å². The number of aryl methyl sites for hydroxylation is 2. The van der Waals surface area contributed by atoms with Gasteiger partial charge in [-0.25, -0.2) is 13.8 Å². The third kappa shape index (κ3) is 2.74. The smallest absolute Gasteiger partial charge is 0.259 e. The molecule has 1 amide bonds. The summed E-state index contributed by atoms with van der Waals surface area (Å²) in [6.07, 6.45) is 1.38. The molecule has 0 fully saturated rings. The second-order valence-electron chi connectivity index (χ2n) is 4.47. The molecule has 0 saturated heterocycles. The summed E-state index contributed by atoms with van der Waals surface area (Å²) in [5, 5.41) is 2.47. The van der Waals surface area contributed by atoms with E-state index in [1.807, 2.05) is 0 Å². The lowest BCUT2D eigenvalue weighted by Crippen LogP contribution is -2.16. The van der Waals surface area contributed by atoms with Crippen LogP contribution in [-0.4, -0.2) is 10.9 Å². The van der Waals surface area contributed by atoms with Crippen molar-refractivity contribution in [3.05, 3.63) is 52.7 Å². The van der Waals surface area contributed by atoms with Gasteiger partial charge < -0.3 is 11.1 Å². The minimum Gasteiger partial charge on any atom is -0.397 e. The van der Waals surface area contributed by atoms with E-state index in [2.05, 4.69) is 10.3 Å². The lowest BCUT2D eigenvalue weighted by Gasteiger charge is -2.09. The van der Waals surface area contributed by atoms with Gasteiger partial charge in [-0.15, -0.1) is 0 Å². The van der Waals surface area contributed by atoms with Gasteiger partial charge in [0, 0.05) is 6.07 Å². The number of nitrogen functional groups attached to an aromatic ring is 1. The normalized spacial score (nSPS) is 10.4. The Balaban J connectivity index is 2.31. The summed E-state index contributed by atoms with van der Waals surface area (Å²) >= 11 is 0. The highest BCUT2D eigenvalue weighted by Crippen LogP contribution is 2.18. The van der Waals surface area contributed by atoms with E-state index in [1.165, 1.54) is 13.1 Å². The Hall–Kier alpha value is -2.50. The summed E-state index contributed by atoms with van der Waals surface area (Å²) in [5.41, 5.74) is 6.62. The molecule has 0 spiro atoms. The third-order valence-electron chi connectivity index (χ3n) is 2.82. The topological polar surface area (TPSA) is 68.0 Å². The van der Waals surface area contributed by atoms with Crippen molar-refractivity contribution < 1.29 is 13.6 Å². The summed E-state index contributed by atoms with van der Waals surface area (Å²) in [5.74, 6) is -2.02. The quantitative estimate of drug-likeness (QED) is 0.887. The number of carbonyl (C=O) groups excluding carboxylic acids is 1. The molecule has 2 rings (SSSR count). The van der Waals surface area contributed by atoms with Crippen molar-refractivity contribution in [2.24, 2.45) is 0 Å². The van der Waals surface area contributed by atoms with Gasteiger partial charge in [0.15, 0.2) is 0 Å². The number of halogens is 2. The van der Waals surface area contributed by atoms with Crippen LogP contribution in [0.4, 0.5) is 20.3 Å². The van der Waals surface area contributed by atoms with Crippen molar-refractivity contribution in [3.63, 3.8) is 0 Å². The average Bonchev–Trinajstić information content (AvgIpc) is 2.37. The number of hydrogen-bond donors (Lipinski definition) is 2. The first-order chi connectivity index (χ1) is 9.38. The van der Waals surface area contributed by atoms with Crippen molar-refractivity contribution in [3.8, 4) is 0 Å². The van der Waals surface area contributed by atoms with E-state index in [4.69, 9.17) is 5.73 Å². The molecule has 0 saturated carbocycles. The highest BCUT2D eigenvalue weighted by atomic mass is 19.1. The molecule has 2 aromatic rings. The van der Waals surface area contributed by atoms with Crippen LogP contribution in [0, 0.1) is 25.5 Å². The van der Waals surface area contributed by atoms with Gasteiger partial charge in [0.05, 0.1) is 17.4 Å². The Labute approximate surface area is 114 Å². The van der Waals surface area contributed by atoms with Gasteiger partial charge in [-0.1, -0.05) is 0 Å². The monoisotopic (exact) mass is 277 g/mol. The first-order valence-corrected chi connectivity index (χ1v) is 5.87. The number of anilines is 2. The van der Waals surface area contributed by atoms with E-state index in [1.54, 1.807) is 13.0 Å². The van der Waals surface area contributed by atoms with Crippen molar-refractivity contribution in [1.29, 1.82) is 0 Å². The first kappa shape index (κ1) is 13.9. The lowest BCUT2D eigenvalue weighted by atomic mass is 10.1. The molecule has 0 radical (unpaired) electrons. The number of nitrogens with zero attached hydrogens (tertiary/aromatic N) is 1. The van der Waals surface area contributed by atoms with Crippen LogP contribution in [0.2, 0.25) is 0 Å². The Bertz CT molecular complexity index is 686. The Morgan fingerprint density at radius 1 is 1.15 bits per heavy atom. The number of nitrogens with two attached hydrogens (primary N) is 1. The van der Waals surface area contributed by atoms with Gasteiger partial charge in [0.25, 0.3) is 5.91 Å². The van der Waals surface area contributed by atoms with Gasteiger partial charge >= 0.3 is 0 Å². The minimum absolute atomic E-state index is 0.193. The Morgan fingerprint density at radius 2 is 1.85 bits per heavy atom. The SMILES string of the molecule is Cc1cc(C(=O)Nc2ncc(N)cc2C)c(F)cc1F. The van der Waals surface area contributed by atoms with E-state index in [0.717, 1.165) is 6.07 Å². The van der Waals surface area contributed by atoms with E-state index >= 15 is 0 Å². The molecule has 1 heterocycles. The Morgan fingerprint density at radius 3 is 2.50 bits per heavy atom. The molecule has 0 atom stereocenters. The first-order valence-electron chi connectivity index (χ1n) is 5.87. The highest BCUT2D eigenvalue weighted by molar-refractivity contribution is 6.04.